The highest BCUT2D eigenvalue weighted by atomic mass is 79.9. The van der Waals surface area contributed by atoms with Gasteiger partial charge >= 0.3 is 0 Å². The van der Waals surface area contributed by atoms with Crippen molar-refractivity contribution >= 4 is 21.7 Å². The number of carbonyl (C=O) groups excluding carboxylic acids is 1. The minimum atomic E-state index is 0.167. The number of hydrogen-bond donors (Lipinski definition) is 0. The molecular weight excluding hydrogens is 204 g/mol. The summed E-state index contributed by atoms with van der Waals surface area (Å²) in [6.07, 6.45) is 4.69. The van der Waals surface area contributed by atoms with Gasteiger partial charge in [0.15, 0.2) is 0 Å². The lowest BCUT2D eigenvalue weighted by atomic mass is 9.54. The van der Waals surface area contributed by atoms with E-state index in [0.717, 1.165) is 12.8 Å². The van der Waals surface area contributed by atoms with Crippen LogP contribution in [0, 0.1) is 11.3 Å². The topological polar surface area (TPSA) is 17.1 Å². The second-order valence-corrected chi connectivity index (χ2v) is 5.26. The van der Waals surface area contributed by atoms with Gasteiger partial charge in [-0.15, -0.1) is 0 Å². The third-order valence-corrected chi connectivity index (χ3v) is 4.38. The molecule has 0 heterocycles. The second-order valence-electron chi connectivity index (χ2n) is 4.15. The second kappa shape index (κ2) is 2.32. The van der Waals surface area contributed by atoms with E-state index in [1.54, 1.807) is 0 Å². The summed E-state index contributed by atoms with van der Waals surface area (Å²) >= 11 is 3.43. The predicted molar refractivity (Wildman–Crippen MR) is 47.8 cm³/mol. The molecule has 2 rings (SSSR count). The Bertz CT molecular complexity index is 202. The van der Waals surface area contributed by atoms with Crippen molar-refractivity contribution in [2.45, 2.75) is 37.4 Å². The molecule has 0 aromatic heterocycles. The van der Waals surface area contributed by atoms with Crippen LogP contribution in [0.25, 0.3) is 0 Å². The van der Waals surface area contributed by atoms with Gasteiger partial charge in [0.2, 0.25) is 0 Å². The van der Waals surface area contributed by atoms with Crippen molar-refractivity contribution in [1.82, 2.24) is 0 Å². The standard InChI is InChI=1S/C9H13BrO/c1-9-4-2-6(9)8(11)7(10)3-5-9/h6-7H,2-5H2,1H3/t6-,7-,9+/m0/s1. The molecule has 2 aliphatic carbocycles. The van der Waals surface area contributed by atoms with Crippen LogP contribution in [0.5, 0.6) is 0 Å². The normalized spacial score (nSPS) is 49.8. The summed E-state index contributed by atoms with van der Waals surface area (Å²) in [6, 6.07) is 0. The molecule has 0 spiro atoms. The lowest BCUT2D eigenvalue weighted by Gasteiger charge is -2.50. The first-order valence-electron chi connectivity index (χ1n) is 4.31. The van der Waals surface area contributed by atoms with Crippen molar-refractivity contribution in [3.8, 4) is 0 Å². The van der Waals surface area contributed by atoms with Crippen molar-refractivity contribution in [3.63, 3.8) is 0 Å². The highest BCUT2D eigenvalue weighted by molar-refractivity contribution is 9.10. The Morgan fingerprint density at radius 2 is 2.09 bits per heavy atom. The van der Waals surface area contributed by atoms with Gasteiger partial charge in [-0.1, -0.05) is 22.9 Å². The molecule has 62 valence electrons. The summed E-state index contributed by atoms with van der Waals surface area (Å²) in [4.78, 5) is 11.7. The van der Waals surface area contributed by atoms with E-state index >= 15 is 0 Å². The number of alkyl halides is 1. The molecular formula is C9H13BrO. The van der Waals surface area contributed by atoms with E-state index in [-0.39, 0.29) is 4.83 Å². The van der Waals surface area contributed by atoms with E-state index in [2.05, 4.69) is 22.9 Å². The van der Waals surface area contributed by atoms with Crippen molar-refractivity contribution in [2.24, 2.45) is 11.3 Å². The van der Waals surface area contributed by atoms with Gasteiger partial charge < -0.3 is 0 Å². The van der Waals surface area contributed by atoms with Crippen LogP contribution in [0.15, 0.2) is 0 Å². The molecule has 0 aliphatic heterocycles. The summed E-state index contributed by atoms with van der Waals surface area (Å²) in [7, 11) is 0. The van der Waals surface area contributed by atoms with Gasteiger partial charge in [-0.25, -0.2) is 0 Å². The zero-order chi connectivity index (χ0) is 8.06. The van der Waals surface area contributed by atoms with Crippen LogP contribution in [0.1, 0.15) is 32.6 Å². The SMILES string of the molecule is C[C@@]12CC[C@H](Br)C(=O)[C@@H]1CC2. The Labute approximate surface area is 75.7 Å². The molecule has 0 N–H and O–H groups in total. The molecule has 3 atom stereocenters. The van der Waals surface area contributed by atoms with Crippen LogP contribution in [0.3, 0.4) is 0 Å². The van der Waals surface area contributed by atoms with E-state index in [1.165, 1.54) is 12.8 Å². The molecule has 2 heteroatoms. The number of fused-ring (bicyclic) bond motifs is 1. The minimum Gasteiger partial charge on any atom is -0.298 e. The third kappa shape index (κ3) is 0.986. The molecule has 0 aromatic carbocycles. The van der Waals surface area contributed by atoms with E-state index < -0.39 is 0 Å². The van der Waals surface area contributed by atoms with Crippen molar-refractivity contribution in [2.75, 3.05) is 0 Å². The van der Waals surface area contributed by atoms with Crippen LogP contribution in [-0.4, -0.2) is 10.6 Å². The largest absolute Gasteiger partial charge is 0.298 e. The summed E-state index contributed by atoms with van der Waals surface area (Å²) in [5, 5.41) is 0. The fourth-order valence-electron chi connectivity index (χ4n) is 2.38. The Kier molecular flexibility index (Phi) is 1.64. The van der Waals surface area contributed by atoms with E-state index in [4.69, 9.17) is 0 Å². The Morgan fingerprint density at radius 1 is 1.45 bits per heavy atom. The van der Waals surface area contributed by atoms with Crippen LogP contribution >= 0.6 is 15.9 Å². The van der Waals surface area contributed by atoms with Gasteiger partial charge in [0, 0.05) is 5.92 Å². The number of halogens is 1. The summed E-state index contributed by atoms with van der Waals surface area (Å²) in [5.41, 5.74) is 0.390. The summed E-state index contributed by atoms with van der Waals surface area (Å²) in [6.45, 7) is 2.26. The Balaban J connectivity index is 2.17. The van der Waals surface area contributed by atoms with E-state index in [1.807, 2.05) is 0 Å². The van der Waals surface area contributed by atoms with Gasteiger partial charge in [-0.3, -0.25) is 4.79 Å². The van der Waals surface area contributed by atoms with Crippen LogP contribution in [0.2, 0.25) is 0 Å². The zero-order valence-corrected chi connectivity index (χ0v) is 8.36. The summed E-state index contributed by atoms with van der Waals surface area (Å²) < 4.78 is 0. The van der Waals surface area contributed by atoms with Crippen molar-refractivity contribution in [1.29, 1.82) is 0 Å². The van der Waals surface area contributed by atoms with Gasteiger partial charge in [0.1, 0.15) is 5.78 Å². The Morgan fingerprint density at radius 3 is 2.55 bits per heavy atom. The minimum absolute atomic E-state index is 0.167. The van der Waals surface area contributed by atoms with Gasteiger partial charge in [0.05, 0.1) is 4.83 Å². The number of ketones is 1. The number of carbonyl (C=O) groups is 1. The maximum Gasteiger partial charge on any atom is 0.150 e. The Hall–Kier alpha value is 0.150. The smallest absolute Gasteiger partial charge is 0.150 e. The molecule has 2 fully saturated rings. The predicted octanol–water partition coefficient (Wildman–Crippen LogP) is 2.53. The maximum atomic E-state index is 11.5. The van der Waals surface area contributed by atoms with E-state index in [9.17, 15) is 4.79 Å². The molecule has 0 radical (unpaired) electrons. The highest BCUT2D eigenvalue weighted by Crippen LogP contribution is 2.54. The molecule has 0 unspecified atom stereocenters. The van der Waals surface area contributed by atoms with Gasteiger partial charge in [-0.2, -0.15) is 0 Å². The molecule has 0 aromatic rings. The van der Waals surface area contributed by atoms with E-state index in [0.29, 0.717) is 17.1 Å². The number of Topliss-reactive ketones (excluding diaryl/α,β-unsaturated/α-hetero) is 1. The van der Waals surface area contributed by atoms with Crippen LogP contribution in [0.4, 0.5) is 0 Å². The lowest BCUT2D eigenvalue weighted by molar-refractivity contribution is -0.136. The monoisotopic (exact) mass is 216 g/mol. The molecule has 1 nitrogen and oxygen atoms in total. The third-order valence-electron chi connectivity index (χ3n) is 3.47. The van der Waals surface area contributed by atoms with Crippen LogP contribution < -0.4 is 0 Å². The average molecular weight is 217 g/mol. The lowest BCUT2D eigenvalue weighted by Crippen LogP contribution is -2.49. The molecule has 11 heavy (non-hydrogen) atoms. The first-order valence-corrected chi connectivity index (χ1v) is 5.23. The maximum absolute atomic E-state index is 11.5. The average Bonchev–Trinajstić information content (AvgIpc) is 1.95. The first-order chi connectivity index (χ1) is 5.13. The summed E-state index contributed by atoms with van der Waals surface area (Å²) in [5.74, 6) is 0.852. The van der Waals surface area contributed by atoms with Crippen LogP contribution in [-0.2, 0) is 4.79 Å². The molecule has 2 saturated carbocycles. The highest BCUT2D eigenvalue weighted by Gasteiger charge is 2.50. The molecule has 0 bridgehead atoms. The quantitative estimate of drug-likeness (QED) is 0.570. The molecule has 0 saturated heterocycles. The fraction of sp³-hybridized carbons (Fsp3) is 0.889. The number of hydrogen-bond acceptors (Lipinski definition) is 1. The molecule has 0 amide bonds. The first kappa shape index (κ1) is 7.78. The fourth-order valence-corrected chi connectivity index (χ4v) is 2.93. The van der Waals surface area contributed by atoms with Crippen molar-refractivity contribution < 1.29 is 4.79 Å². The van der Waals surface area contributed by atoms with Gasteiger partial charge in [-0.05, 0) is 31.1 Å². The van der Waals surface area contributed by atoms with Gasteiger partial charge in [0.25, 0.3) is 0 Å². The zero-order valence-electron chi connectivity index (χ0n) is 6.77. The van der Waals surface area contributed by atoms with Crippen molar-refractivity contribution in [3.05, 3.63) is 0 Å². The number of rotatable bonds is 0. The molecule has 2 aliphatic rings.